The van der Waals surface area contributed by atoms with E-state index < -0.39 is 0 Å². The van der Waals surface area contributed by atoms with E-state index in [1.165, 1.54) is 327 Å². The lowest BCUT2D eigenvalue weighted by Crippen LogP contribution is -2.31. The molecule has 6 nitrogen and oxygen atoms in total. The van der Waals surface area contributed by atoms with Gasteiger partial charge in [-0.15, -0.1) is 68.0 Å². The molecule has 10 heterocycles. The number of pyridine rings is 2. The average molecular weight is 1610 g/mol. The third kappa shape index (κ3) is 20.6. The van der Waals surface area contributed by atoms with E-state index >= 15 is 0 Å². The molecular weight excluding hydrogens is 1490 g/mol. The second-order valence-electron chi connectivity index (χ2n) is 31.7. The van der Waals surface area contributed by atoms with Gasteiger partial charge in [0.2, 0.25) is 0 Å². The molecule has 10 aromatic heterocycles. The minimum atomic E-state index is -0.161. The number of benzene rings is 1. The topological polar surface area (TPSA) is 77.3 Å². The summed E-state index contributed by atoms with van der Waals surface area (Å²) >= 11 is 14.4. The fourth-order valence-electron chi connectivity index (χ4n) is 17.3. The maximum absolute atomic E-state index is 5.67. The van der Waals surface area contributed by atoms with Crippen LogP contribution in [0.25, 0.3) is 104 Å². The molecule has 12 rings (SSSR count). The predicted octanol–water partition coefficient (Wildman–Crippen LogP) is 31.8. The van der Waals surface area contributed by atoms with Crippen LogP contribution >= 0.6 is 91.5 Å². The first-order valence-electron chi connectivity index (χ1n) is 42.6. The number of aryl methyl sites for hydroxylation is 2. The predicted molar refractivity (Wildman–Crippen MR) is 489 cm³/mol. The van der Waals surface area contributed by atoms with Crippen LogP contribution < -0.4 is 0 Å². The van der Waals surface area contributed by atoms with Gasteiger partial charge in [0.05, 0.1) is 33.2 Å². The molecule has 580 valence electrons. The first-order chi connectivity index (χ1) is 54.0. The Kier molecular flexibility index (Phi) is 32.3. The zero-order valence-electron chi connectivity index (χ0n) is 67.7. The number of nitrogens with zero attached hydrogens (tertiary/aromatic N) is 6. The normalized spacial score (nSPS) is 14.3. The van der Waals surface area contributed by atoms with Gasteiger partial charge < -0.3 is 0 Å². The summed E-state index contributed by atoms with van der Waals surface area (Å²) < 4.78 is 23.0. The van der Waals surface area contributed by atoms with Gasteiger partial charge in [0.25, 0.3) is 0 Å². The Morgan fingerprint density at radius 3 is 1.39 bits per heavy atom. The van der Waals surface area contributed by atoms with Crippen molar-refractivity contribution in [2.45, 2.75) is 312 Å². The fourth-order valence-corrected chi connectivity index (χ4v) is 25.9. The minimum Gasteiger partial charge on any atom is -0.253 e. The van der Waals surface area contributed by atoms with Crippen molar-refractivity contribution in [3.05, 3.63) is 92.2 Å². The molecule has 4 atom stereocenters. The van der Waals surface area contributed by atoms with Crippen molar-refractivity contribution in [1.82, 2.24) is 27.5 Å². The van der Waals surface area contributed by atoms with Crippen LogP contribution in [0.1, 0.15) is 311 Å². The van der Waals surface area contributed by atoms with Crippen molar-refractivity contribution >= 4 is 134 Å². The molecule has 0 bridgehead atoms. The van der Waals surface area contributed by atoms with Crippen molar-refractivity contribution in [2.75, 3.05) is 0 Å². The highest BCUT2D eigenvalue weighted by molar-refractivity contribution is 7.26. The zero-order valence-corrected chi connectivity index (χ0v) is 74.2. The van der Waals surface area contributed by atoms with Gasteiger partial charge in [-0.2, -0.15) is 17.5 Å². The summed E-state index contributed by atoms with van der Waals surface area (Å²) in [6.07, 6.45) is 51.4. The van der Waals surface area contributed by atoms with Crippen molar-refractivity contribution in [3.63, 3.8) is 0 Å². The standard InChI is InChI=1S/C96H118N6S8/c1-11-19-25-29-33-36-40-44-50-70(48-42-38-32-28-22-14-4)58-73-53-55-80(105-73)85-75-59-81(106-93(75)84(74-56-67(10)103-92(74)85)79-54-52-72(104-79)57-71(49-43-39-35-31-27-21-13-3)51-45-41-37-34-30-26-20-12-2)76-65-98-89(91-87(76)100-110-102-91)83-61-78-95(108-83)94-77(60-82(107-94)88-90-86(99-109-101-90)66(9)64-97-88)96(78,62-68(17-7)46-23-15-5)63-69(18-8)47-24-16-6/h52-56,59-61,64-65,68-71H,11-12,14-20,22-26,28-30,32-34,36-38,40-42,44-48,50-51,57-58,62-63H2,1-10H3. The molecule has 0 amide bonds. The lowest BCUT2D eigenvalue weighted by Gasteiger charge is -2.37. The van der Waals surface area contributed by atoms with E-state index in [9.17, 15) is 0 Å². The molecule has 0 spiro atoms. The van der Waals surface area contributed by atoms with Gasteiger partial charge in [-0.25, -0.2) is 0 Å². The molecule has 0 radical (unpaired) electrons. The molecule has 0 fully saturated rings. The Morgan fingerprint density at radius 1 is 0.391 bits per heavy atom. The molecule has 11 aromatic rings. The number of unbranched alkanes of at least 4 members (excludes halogenated alkanes) is 21. The van der Waals surface area contributed by atoms with Crippen molar-refractivity contribution < 1.29 is 0 Å². The molecule has 1 aromatic carbocycles. The molecule has 0 N–H and O–H groups in total. The van der Waals surface area contributed by atoms with Crippen LogP contribution in [0, 0.1) is 84.9 Å². The summed E-state index contributed by atoms with van der Waals surface area (Å²) in [6.45, 7) is 22.8. The van der Waals surface area contributed by atoms with Gasteiger partial charge in [0.15, 0.2) is 0 Å². The largest absolute Gasteiger partial charge is 0.253 e. The number of hydrogen-bond donors (Lipinski definition) is 0. The monoisotopic (exact) mass is 1610 g/mol. The number of thiophene rings is 6. The summed E-state index contributed by atoms with van der Waals surface area (Å²) in [5, 5.41) is 2.68. The van der Waals surface area contributed by atoms with Gasteiger partial charge >= 0.3 is 0 Å². The second-order valence-corrected chi connectivity index (χ2v) is 39.5. The van der Waals surface area contributed by atoms with Crippen LogP contribution in [-0.2, 0) is 18.3 Å². The lowest BCUT2D eigenvalue weighted by atomic mass is 9.65. The lowest BCUT2D eigenvalue weighted by molar-refractivity contribution is 0.266. The van der Waals surface area contributed by atoms with Gasteiger partial charge in [-0.1, -0.05) is 266 Å². The van der Waals surface area contributed by atoms with E-state index in [1.54, 1.807) is 6.92 Å². The van der Waals surface area contributed by atoms with E-state index in [0.717, 1.165) is 70.3 Å². The summed E-state index contributed by atoms with van der Waals surface area (Å²) in [6, 6.07) is 20.0. The third-order valence-corrected chi connectivity index (χ3v) is 31.5. The van der Waals surface area contributed by atoms with Gasteiger partial charge in [0, 0.05) is 99.6 Å². The van der Waals surface area contributed by atoms with Crippen molar-refractivity contribution in [2.24, 2.45) is 23.7 Å². The third-order valence-electron chi connectivity index (χ3n) is 23.4. The SMILES string of the molecule is CC#CC#CC#CC#CC(CCCCCCCCCC)Cc1ccc(-c2c3cc(C)sc3c(-c3ccc(CC(CCCCCCCC)CCCCCCCCCC)s3)c3cc(-c4cnc(-c5cc6c(s5)-c5sc(-c7ncc(C)c8nsnc78)cc5C6(CC(CC)CCCC)CC(CC)CCCC)c5nsnc45)sc23)s1. The van der Waals surface area contributed by atoms with Crippen LogP contribution in [0.3, 0.4) is 0 Å². The zero-order chi connectivity index (χ0) is 76.6. The molecule has 110 heavy (non-hydrogen) atoms. The maximum Gasteiger partial charge on any atom is 0.132 e. The van der Waals surface area contributed by atoms with E-state index in [2.05, 4.69) is 176 Å². The highest BCUT2D eigenvalue weighted by atomic mass is 32.1. The molecular formula is C96H118N6S8. The summed E-state index contributed by atoms with van der Waals surface area (Å²) in [5.41, 5.74) is 13.3. The van der Waals surface area contributed by atoms with Crippen LogP contribution in [-0.4, -0.2) is 27.5 Å². The molecule has 1 aliphatic carbocycles. The van der Waals surface area contributed by atoms with Crippen LogP contribution in [0.4, 0.5) is 0 Å². The summed E-state index contributed by atoms with van der Waals surface area (Å²) in [4.78, 5) is 24.1. The Hall–Kier alpha value is -5.88. The number of rotatable bonds is 46. The smallest absolute Gasteiger partial charge is 0.132 e. The fraction of sp³-hybridized carbons (Fsp3) is 0.542. The minimum absolute atomic E-state index is 0.161. The van der Waals surface area contributed by atoms with Crippen LogP contribution in [0.15, 0.2) is 60.9 Å². The van der Waals surface area contributed by atoms with E-state index in [-0.39, 0.29) is 11.3 Å². The van der Waals surface area contributed by atoms with Gasteiger partial charge in [-0.3, -0.25) is 9.97 Å². The Labute approximate surface area is 692 Å². The Bertz CT molecular complexity index is 5020. The van der Waals surface area contributed by atoms with E-state index in [1.807, 2.05) is 62.9 Å². The van der Waals surface area contributed by atoms with Crippen molar-refractivity contribution in [1.29, 1.82) is 0 Å². The second kappa shape index (κ2) is 42.5. The van der Waals surface area contributed by atoms with Crippen LogP contribution in [0.2, 0.25) is 0 Å². The van der Waals surface area contributed by atoms with E-state index in [4.69, 9.17) is 27.5 Å². The summed E-state index contributed by atoms with van der Waals surface area (Å²) in [5.74, 6) is 26.3. The quantitative estimate of drug-likeness (QED) is 0.0279. The molecule has 14 heteroatoms. The first-order valence-corrected chi connectivity index (χ1v) is 49.0. The molecule has 0 saturated carbocycles. The Morgan fingerprint density at radius 2 is 0.845 bits per heavy atom. The Balaban J connectivity index is 0.954. The molecule has 4 unspecified atom stereocenters. The molecule has 0 aliphatic heterocycles. The number of aromatic nitrogens is 6. The first kappa shape index (κ1) is 83.5. The highest BCUT2D eigenvalue weighted by Gasteiger charge is 2.48. The van der Waals surface area contributed by atoms with Crippen molar-refractivity contribution in [3.8, 4) is 110 Å². The number of fused-ring (bicyclic) bond motifs is 7. The average Bonchev–Trinajstić information content (AvgIpc) is 1.54. The highest BCUT2D eigenvalue weighted by Crippen LogP contribution is 2.64. The maximum atomic E-state index is 5.67. The molecule has 0 saturated heterocycles. The summed E-state index contributed by atoms with van der Waals surface area (Å²) in [7, 11) is 0. The van der Waals surface area contributed by atoms with Gasteiger partial charge in [-0.05, 0) is 171 Å². The number of hydrogen-bond acceptors (Lipinski definition) is 14. The van der Waals surface area contributed by atoms with E-state index in [0.29, 0.717) is 17.8 Å². The molecule has 1 aliphatic rings. The van der Waals surface area contributed by atoms with Gasteiger partial charge in [0.1, 0.15) is 33.5 Å². The van der Waals surface area contributed by atoms with Crippen LogP contribution in [0.5, 0.6) is 0 Å².